The Morgan fingerprint density at radius 3 is 2.90 bits per heavy atom. The van der Waals surface area contributed by atoms with Gasteiger partial charge in [-0.25, -0.2) is 0 Å². The molecule has 1 aromatic heterocycles. The van der Waals surface area contributed by atoms with E-state index in [9.17, 15) is 4.79 Å². The fourth-order valence-electron chi connectivity index (χ4n) is 0.547. The Kier molecular flexibility index (Phi) is 1.33. The molecule has 0 fully saturated rings. The molecule has 0 saturated carbocycles. The normalized spacial score (nSPS) is 9.70. The lowest BCUT2D eigenvalue weighted by Crippen LogP contribution is -2.21. The zero-order chi connectivity index (χ0) is 7.72. The monoisotopic (exact) mass is 141 g/mol. The minimum Gasteiger partial charge on any atom is -0.409 e. The SMILES string of the molecule is Cc1cc(=O)n(O)nc1N. The summed E-state index contributed by atoms with van der Waals surface area (Å²) in [5.41, 5.74) is 5.25. The quantitative estimate of drug-likeness (QED) is 0.471. The summed E-state index contributed by atoms with van der Waals surface area (Å²) in [6.45, 7) is 1.64. The molecular weight excluding hydrogens is 134 g/mol. The summed E-state index contributed by atoms with van der Waals surface area (Å²) in [7, 11) is 0. The molecule has 3 N–H and O–H groups in total. The molecule has 5 nitrogen and oxygen atoms in total. The summed E-state index contributed by atoms with van der Waals surface area (Å²) in [6, 6.07) is 1.21. The molecular formula is C5H7N3O2. The highest BCUT2D eigenvalue weighted by atomic mass is 16.5. The molecule has 0 amide bonds. The highest BCUT2D eigenvalue weighted by Gasteiger charge is 1.98. The number of hydrogen-bond acceptors (Lipinski definition) is 4. The number of hydrogen-bond donors (Lipinski definition) is 2. The molecule has 0 radical (unpaired) electrons. The molecule has 0 spiro atoms. The maximum absolute atomic E-state index is 10.6. The van der Waals surface area contributed by atoms with Crippen molar-refractivity contribution in [3.8, 4) is 0 Å². The predicted molar refractivity (Wildman–Crippen MR) is 34.8 cm³/mol. The van der Waals surface area contributed by atoms with E-state index in [1.54, 1.807) is 6.92 Å². The number of anilines is 1. The van der Waals surface area contributed by atoms with Gasteiger partial charge in [0.1, 0.15) is 0 Å². The Balaban J connectivity index is 3.43. The average molecular weight is 141 g/mol. The van der Waals surface area contributed by atoms with Gasteiger partial charge >= 0.3 is 5.56 Å². The van der Waals surface area contributed by atoms with Crippen LogP contribution in [0.15, 0.2) is 10.9 Å². The molecule has 1 aromatic rings. The summed E-state index contributed by atoms with van der Waals surface area (Å²) in [6.07, 6.45) is 0. The zero-order valence-corrected chi connectivity index (χ0v) is 5.40. The van der Waals surface area contributed by atoms with Gasteiger partial charge in [-0.05, 0) is 12.5 Å². The van der Waals surface area contributed by atoms with Crippen LogP contribution in [0, 0.1) is 6.92 Å². The van der Waals surface area contributed by atoms with E-state index in [2.05, 4.69) is 5.10 Å². The maximum atomic E-state index is 10.6. The van der Waals surface area contributed by atoms with Crippen LogP contribution in [0.1, 0.15) is 5.56 Å². The largest absolute Gasteiger partial charge is 0.409 e. The summed E-state index contributed by atoms with van der Waals surface area (Å²) in [4.78, 5) is 10.8. The van der Waals surface area contributed by atoms with E-state index in [1.807, 2.05) is 0 Å². The van der Waals surface area contributed by atoms with Gasteiger partial charge in [0.2, 0.25) is 0 Å². The second kappa shape index (κ2) is 2.02. The number of nitrogens with zero attached hydrogens (tertiary/aromatic N) is 2. The summed E-state index contributed by atoms with van der Waals surface area (Å²) >= 11 is 0. The minimum absolute atomic E-state index is 0.155. The topological polar surface area (TPSA) is 81.1 Å². The van der Waals surface area contributed by atoms with Gasteiger partial charge in [0.15, 0.2) is 5.82 Å². The van der Waals surface area contributed by atoms with Crippen molar-refractivity contribution >= 4 is 5.82 Å². The molecule has 0 aliphatic rings. The predicted octanol–water partition coefficient (Wildman–Crippen LogP) is -0.629. The van der Waals surface area contributed by atoms with E-state index < -0.39 is 5.56 Å². The van der Waals surface area contributed by atoms with Crippen molar-refractivity contribution in [2.75, 3.05) is 5.73 Å². The van der Waals surface area contributed by atoms with Gasteiger partial charge in [-0.2, -0.15) is 0 Å². The fraction of sp³-hybridized carbons (Fsp3) is 0.200. The number of nitrogen functional groups attached to an aromatic ring is 1. The molecule has 0 aliphatic carbocycles. The van der Waals surface area contributed by atoms with Gasteiger partial charge in [0.05, 0.1) is 0 Å². The van der Waals surface area contributed by atoms with Gasteiger partial charge in [-0.3, -0.25) is 4.79 Å². The Morgan fingerprint density at radius 2 is 2.40 bits per heavy atom. The summed E-state index contributed by atoms with van der Waals surface area (Å²) < 4.78 is 0. The number of aromatic nitrogens is 2. The van der Waals surface area contributed by atoms with E-state index in [0.717, 1.165) is 0 Å². The van der Waals surface area contributed by atoms with Crippen molar-refractivity contribution in [2.45, 2.75) is 6.92 Å². The molecule has 0 saturated heterocycles. The third-order valence-corrected chi connectivity index (χ3v) is 1.14. The lowest BCUT2D eigenvalue weighted by Gasteiger charge is -1.97. The van der Waals surface area contributed by atoms with Crippen molar-refractivity contribution < 1.29 is 5.21 Å². The van der Waals surface area contributed by atoms with Crippen molar-refractivity contribution in [2.24, 2.45) is 0 Å². The van der Waals surface area contributed by atoms with Crippen LogP contribution in [0.3, 0.4) is 0 Å². The first-order valence-electron chi connectivity index (χ1n) is 2.67. The second-order valence-electron chi connectivity index (χ2n) is 1.94. The first kappa shape index (κ1) is 6.60. The van der Waals surface area contributed by atoms with Crippen LogP contribution in [-0.2, 0) is 0 Å². The van der Waals surface area contributed by atoms with Crippen molar-refractivity contribution in [1.82, 2.24) is 9.94 Å². The zero-order valence-electron chi connectivity index (χ0n) is 5.40. The maximum Gasteiger partial charge on any atom is 0.303 e. The van der Waals surface area contributed by atoms with Crippen LogP contribution >= 0.6 is 0 Å². The van der Waals surface area contributed by atoms with Gasteiger partial charge in [0, 0.05) is 6.07 Å². The van der Waals surface area contributed by atoms with Crippen LogP contribution in [-0.4, -0.2) is 15.2 Å². The molecule has 0 aliphatic heterocycles. The van der Waals surface area contributed by atoms with Crippen molar-refractivity contribution in [3.63, 3.8) is 0 Å². The minimum atomic E-state index is -0.577. The van der Waals surface area contributed by atoms with Gasteiger partial charge in [-0.15, -0.1) is 5.10 Å². The molecule has 1 rings (SSSR count). The number of nitrogens with two attached hydrogens (primary N) is 1. The number of aryl methyl sites for hydroxylation is 1. The van der Waals surface area contributed by atoms with E-state index in [4.69, 9.17) is 10.9 Å². The van der Waals surface area contributed by atoms with Crippen LogP contribution in [0.4, 0.5) is 5.82 Å². The molecule has 10 heavy (non-hydrogen) atoms. The van der Waals surface area contributed by atoms with Crippen LogP contribution in [0.5, 0.6) is 0 Å². The highest BCUT2D eigenvalue weighted by molar-refractivity contribution is 5.35. The Hall–Kier alpha value is -1.52. The molecule has 0 atom stereocenters. The molecule has 0 aromatic carbocycles. The van der Waals surface area contributed by atoms with E-state index >= 15 is 0 Å². The molecule has 1 heterocycles. The lowest BCUT2D eigenvalue weighted by atomic mass is 10.3. The third kappa shape index (κ3) is 0.928. The summed E-state index contributed by atoms with van der Waals surface area (Å²) in [5, 5.41) is 11.9. The van der Waals surface area contributed by atoms with Crippen molar-refractivity contribution in [3.05, 3.63) is 22.0 Å². The van der Waals surface area contributed by atoms with Crippen LogP contribution in [0.2, 0.25) is 0 Å². The Labute approximate surface area is 56.7 Å². The fourth-order valence-corrected chi connectivity index (χ4v) is 0.547. The Bertz CT molecular complexity index is 304. The Morgan fingerprint density at radius 1 is 1.80 bits per heavy atom. The lowest BCUT2D eigenvalue weighted by molar-refractivity contribution is 0.135. The number of rotatable bonds is 0. The molecule has 54 valence electrons. The molecule has 0 bridgehead atoms. The van der Waals surface area contributed by atoms with Gasteiger partial charge < -0.3 is 10.9 Å². The summed E-state index contributed by atoms with van der Waals surface area (Å²) in [5.74, 6) is 0.155. The second-order valence-corrected chi connectivity index (χ2v) is 1.94. The first-order chi connectivity index (χ1) is 4.61. The van der Waals surface area contributed by atoms with Crippen LogP contribution in [0.25, 0.3) is 0 Å². The molecule has 0 unspecified atom stereocenters. The molecule has 5 heteroatoms. The highest BCUT2D eigenvalue weighted by Crippen LogP contribution is 1.98. The average Bonchev–Trinajstić information content (AvgIpc) is 1.84. The van der Waals surface area contributed by atoms with E-state index in [1.165, 1.54) is 6.07 Å². The van der Waals surface area contributed by atoms with E-state index in [0.29, 0.717) is 5.56 Å². The van der Waals surface area contributed by atoms with Crippen LogP contribution < -0.4 is 11.3 Å². The standard InChI is InChI=1S/C5H7N3O2/c1-3-2-4(9)8(10)7-5(3)6/h2,10H,1H3,(H2,6,7). The van der Waals surface area contributed by atoms with Crippen molar-refractivity contribution in [1.29, 1.82) is 0 Å². The smallest absolute Gasteiger partial charge is 0.303 e. The van der Waals surface area contributed by atoms with Gasteiger partial charge in [0.25, 0.3) is 0 Å². The van der Waals surface area contributed by atoms with Gasteiger partial charge in [-0.1, -0.05) is 4.85 Å². The third-order valence-electron chi connectivity index (χ3n) is 1.14. The first-order valence-corrected chi connectivity index (χ1v) is 2.67. The van der Waals surface area contributed by atoms with E-state index in [-0.39, 0.29) is 10.7 Å².